The molecule has 0 heterocycles. The van der Waals surface area contributed by atoms with Crippen molar-refractivity contribution in [2.75, 3.05) is 11.9 Å². The Labute approximate surface area is 119 Å². The maximum Gasteiger partial charge on any atom is 0.238 e. The summed E-state index contributed by atoms with van der Waals surface area (Å²) in [4.78, 5) is 11.7. The Morgan fingerprint density at radius 1 is 1.35 bits per heavy atom. The fraction of sp³-hybridized carbons (Fsp3) is 0.462. The Bertz CT molecular complexity index is 583. The van der Waals surface area contributed by atoms with Gasteiger partial charge in [0, 0.05) is 24.7 Å². The van der Waals surface area contributed by atoms with E-state index in [1.165, 1.54) is 6.07 Å². The first-order chi connectivity index (χ1) is 9.20. The Morgan fingerprint density at radius 2 is 2.00 bits per heavy atom. The second-order valence-electron chi connectivity index (χ2n) is 4.93. The number of amides is 1. The summed E-state index contributed by atoms with van der Waals surface area (Å²) in [5.41, 5.74) is 0.973. The van der Waals surface area contributed by atoms with Crippen LogP contribution < -0.4 is 15.8 Å². The van der Waals surface area contributed by atoms with E-state index in [0.29, 0.717) is 30.3 Å². The Balaban J connectivity index is 2.72. The zero-order chi connectivity index (χ0) is 15.3. The van der Waals surface area contributed by atoms with Gasteiger partial charge < -0.3 is 10.6 Å². The van der Waals surface area contributed by atoms with Gasteiger partial charge >= 0.3 is 0 Å². The van der Waals surface area contributed by atoms with Crippen molar-refractivity contribution in [3.8, 4) is 0 Å². The largest absolute Gasteiger partial charge is 0.326 e. The van der Waals surface area contributed by atoms with Crippen LogP contribution in [0.5, 0.6) is 0 Å². The lowest BCUT2D eigenvalue weighted by atomic mass is 10.2. The predicted molar refractivity (Wildman–Crippen MR) is 78.9 cm³/mol. The van der Waals surface area contributed by atoms with Gasteiger partial charge in [0.2, 0.25) is 15.9 Å². The minimum atomic E-state index is -3.78. The number of carbonyl (C=O) groups is 1. The zero-order valence-corrected chi connectivity index (χ0v) is 12.8. The summed E-state index contributed by atoms with van der Waals surface area (Å²) in [6.07, 6.45) is 0.316. The fourth-order valence-electron chi connectivity index (χ4n) is 1.68. The third kappa shape index (κ3) is 5.28. The van der Waals surface area contributed by atoms with Crippen molar-refractivity contribution in [2.24, 2.45) is 5.14 Å². The van der Waals surface area contributed by atoms with Crippen molar-refractivity contribution >= 4 is 21.6 Å². The second-order valence-corrected chi connectivity index (χ2v) is 6.46. The van der Waals surface area contributed by atoms with Crippen molar-refractivity contribution in [2.45, 2.75) is 38.1 Å². The monoisotopic (exact) mass is 299 g/mol. The maximum atomic E-state index is 11.7. The molecule has 0 aromatic heterocycles. The van der Waals surface area contributed by atoms with Crippen molar-refractivity contribution in [3.05, 3.63) is 23.8 Å². The highest BCUT2D eigenvalue weighted by Gasteiger charge is 2.13. The standard InChI is InChI=1S/C13H21N3O3S/c1-9(2)15-7-6-13(17)16-11-5-4-10(3)12(8-11)20(14,18)19/h4-5,8-9,15H,6-7H2,1-3H3,(H,16,17)(H2,14,18,19). The predicted octanol–water partition coefficient (Wildman–Crippen LogP) is 0.969. The molecule has 0 fully saturated rings. The van der Waals surface area contributed by atoms with Crippen LogP contribution in [0.2, 0.25) is 0 Å². The summed E-state index contributed by atoms with van der Waals surface area (Å²) >= 11 is 0. The molecule has 0 aliphatic heterocycles. The zero-order valence-electron chi connectivity index (χ0n) is 11.9. The summed E-state index contributed by atoms with van der Waals surface area (Å²) < 4.78 is 22.8. The summed E-state index contributed by atoms with van der Waals surface area (Å²) in [5, 5.41) is 10.9. The highest BCUT2D eigenvalue weighted by Crippen LogP contribution is 2.19. The van der Waals surface area contributed by atoms with Crippen LogP contribution in [0.25, 0.3) is 0 Å². The first-order valence-corrected chi connectivity index (χ1v) is 7.91. The van der Waals surface area contributed by atoms with Crippen LogP contribution in [0.3, 0.4) is 0 Å². The van der Waals surface area contributed by atoms with Crippen LogP contribution in [0.15, 0.2) is 23.1 Å². The lowest BCUT2D eigenvalue weighted by molar-refractivity contribution is -0.116. The van der Waals surface area contributed by atoms with Gasteiger partial charge in [-0.1, -0.05) is 19.9 Å². The van der Waals surface area contributed by atoms with E-state index in [0.717, 1.165) is 0 Å². The van der Waals surface area contributed by atoms with Crippen molar-refractivity contribution in [1.82, 2.24) is 5.32 Å². The molecule has 112 valence electrons. The van der Waals surface area contributed by atoms with Gasteiger partial charge in [0.15, 0.2) is 0 Å². The van der Waals surface area contributed by atoms with E-state index >= 15 is 0 Å². The van der Waals surface area contributed by atoms with Crippen molar-refractivity contribution in [3.63, 3.8) is 0 Å². The van der Waals surface area contributed by atoms with Gasteiger partial charge in [-0.3, -0.25) is 4.79 Å². The average Bonchev–Trinajstić information content (AvgIpc) is 2.29. The molecule has 1 rings (SSSR count). The number of hydrogen-bond acceptors (Lipinski definition) is 4. The lowest BCUT2D eigenvalue weighted by Gasteiger charge is -2.10. The number of benzene rings is 1. The molecular weight excluding hydrogens is 278 g/mol. The molecule has 0 aliphatic carbocycles. The molecule has 7 heteroatoms. The van der Waals surface area contributed by atoms with Gasteiger partial charge in [0.25, 0.3) is 0 Å². The van der Waals surface area contributed by atoms with Gasteiger partial charge in [-0.15, -0.1) is 0 Å². The molecule has 0 bridgehead atoms. The number of rotatable bonds is 6. The van der Waals surface area contributed by atoms with E-state index in [1.807, 2.05) is 13.8 Å². The molecule has 0 spiro atoms. The number of primary sulfonamides is 1. The number of nitrogens with two attached hydrogens (primary N) is 1. The van der Waals surface area contributed by atoms with Crippen molar-refractivity contribution < 1.29 is 13.2 Å². The molecule has 4 N–H and O–H groups in total. The van der Waals surface area contributed by atoms with Gasteiger partial charge in [0.1, 0.15) is 0 Å². The Morgan fingerprint density at radius 3 is 2.55 bits per heavy atom. The van der Waals surface area contributed by atoms with Gasteiger partial charge in [-0.25, -0.2) is 13.6 Å². The SMILES string of the molecule is Cc1ccc(NC(=O)CCNC(C)C)cc1S(N)(=O)=O. The number of aryl methyl sites for hydroxylation is 1. The molecule has 0 saturated heterocycles. The molecule has 0 atom stereocenters. The first-order valence-electron chi connectivity index (χ1n) is 6.37. The van der Waals surface area contributed by atoms with Crippen LogP contribution in [0.4, 0.5) is 5.69 Å². The van der Waals surface area contributed by atoms with E-state index in [9.17, 15) is 13.2 Å². The van der Waals surface area contributed by atoms with E-state index < -0.39 is 10.0 Å². The maximum absolute atomic E-state index is 11.7. The van der Waals surface area contributed by atoms with E-state index in [2.05, 4.69) is 10.6 Å². The number of nitrogens with one attached hydrogen (secondary N) is 2. The van der Waals surface area contributed by atoms with Crippen LogP contribution in [-0.2, 0) is 14.8 Å². The lowest BCUT2D eigenvalue weighted by Crippen LogP contribution is -2.27. The van der Waals surface area contributed by atoms with Crippen molar-refractivity contribution in [1.29, 1.82) is 0 Å². The van der Waals surface area contributed by atoms with Crippen LogP contribution in [0, 0.1) is 6.92 Å². The van der Waals surface area contributed by atoms with E-state index in [1.54, 1.807) is 19.1 Å². The van der Waals surface area contributed by atoms with E-state index in [-0.39, 0.29) is 10.8 Å². The van der Waals surface area contributed by atoms with Crippen LogP contribution >= 0.6 is 0 Å². The van der Waals surface area contributed by atoms with Crippen LogP contribution in [-0.4, -0.2) is 26.9 Å². The molecular formula is C13H21N3O3S. The first kappa shape index (κ1) is 16.6. The molecule has 0 saturated carbocycles. The third-order valence-electron chi connectivity index (χ3n) is 2.68. The summed E-state index contributed by atoms with van der Waals surface area (Å²) in [6.45, 7) is 6.21. The topological polar surface area (TPSA) is 101 Å². The summed E-state index contributed by atoms with van der Waals surface area (Å²) in [5.74, 6) is -0.178. The molecule has 1 aromatic rings. The fourth-order valence-corrected chi connectivity index (χ4v) is 2.49. The molecule has 1 aromatic carbocycles. The number of carbonyl (C=O) groups excluding carboxylic acids is 1. The number of anilines is 1. The Kier molecular flexibility index (Phi) is 5.67. The minimum Gasteiger partial charge on any atom is -0.326 e. The normalized spacial score (nSPS) is 11.7. The number of sulfonamides is 1. The molecule has 1 amide bonds. The van der Waals surface area contributed by atoms with E-state index in [4.69, 9.17) is 5.14 Å². The quantitative estimate of drug-likeness (QED) is 0.728. The van der Waals surface area contributed by atoms with Gasteiger partial charge in [-0.2, -0.15) is 0 Å². The minimum absolute atomic E-state index is 0.0237. The third-order valence-corrected chi connectivity index (χ3v) is 3.74. The molecule has 0 aliphatic rings. The summed E-state index contributed by atoms with van der Waals surface area (Å²) in [7, 11) is -3.78. The smallest absolute Gasteiger partial charge is 0.238 e. The van der Waals surface area contributed by atoms with Gasteiger partial charge in [0.05, 0.1) is 4.90 Å². The highest BCUT2D eigenvalue weighted by atomic mass is 32.2. The highest BCUT2D eigenvalue weighted by molar-refractivity contribution is 7.89. The summed E-state index contributed by atoms with van der Waals surface area (Å²) in [6, 6.07) is 4.95. The molecule has 6 nitrogen and oxygen atoms in total. The Hall–Kier alpha value is -1.44. The van der Waals surface area contributed by atoms with Crippen LogP contribution in [0.1, 0.15) is 25.8 Å². The second kappa shape index (κ2) is 6.83. The molecule has 0 radical (unpaired) electrons. The average molecular weight is 299 g/mol. The number of hydrogen-bond donors (Lipinski definition) is 3. The molecule has 0 unspecified atom stereocenters. The molecule has 20 heavy (non-hydrogen) atoms. The van der Waals surface area contributed by atoms with Gasteiger partial charge in [-0.05, 0) is 24.6 Å².